The van der Waals surface area contributed by atoms with Gasteiger partial charge < -0.3 is 5.73 Å². The molecular formula is C15H25NS. The van der Waals surface area contributed by atoms with Crippen LogP contribution in [0, 0.1) is 0 Å². The minimum absolute atomic E-state index is 0.279. The van der Waals surface area contributed by atoms with Gasteiger partial charge in [0, 0.05) is 17.0 Å². The molecule has 2 unspecified atom stereocenters. The van der Waals surface area contributed by atoms with Crippen LogP contribution < -0.4 is 5.73 Å². The molecule has 0 radical (unpaired) electrons. The Kier molecular flexibility index (Phi) is 6.68. The predicted octanol–water partition coefficient (Wildman–Crippen LogP) is 3.65. The molecule has 2 N–H and O–H groups in total. The van der Waals surface area contributed by atoms with Crippen molar-refractivity contribution in [2.75, 3.05) is 5.75 Å². The molecule has 1 aromatic rings. The molecule has 0 fully saturated rings. The molecule has 0 heterocycles. The first-order valence-electron chi connectivity index (χ1n) is 6.60. The van der Waals surface area contributed by atoms with Crippen LogP contribution in [0.2, 0.25) is 0 Å². The fraction of sp³-hybridized carbons (Fsp3) is 0.600. The molecule has 0 aliphatic heterocycles. The maximum atomic E-state index is 6.16. The number of nitrogens with two attached hydrogens (primary N) is 1. The van der Waals surface area contributed by atoms with Crippen molar-refractivity contribution in [1.29, 1.82) is 0 Å². The van der Waals surface area contributed by atoms with Crippen molar-refractivity contribution in [3.63, 3.8) is 0 Å². The van der Waals surface area contributed by atoms with Crippen LogP contribution in [-0.2, 0) is 12.8 Å². The van der Waals surface area contributed by atoms with E-state index >= 15 is 0 Å². The van der Waals surface area contributed by atoms with Gasteiger partial charge in [-0.25, -0.2) is 0 Å². The summed E-state index contributed by atoms with van der Waals surface area (Å²) in [5.74, 6) is 1.06. The topological polar surface area (TPSA) is 26.0 Å². The summed E-state index contributed by atoms with van der Waals surface area (Å²) >= 11 is 1.99. The Hall–Kier alpha value is -0.470. The number of hydrogen-bond donors (Lipinski definition) is 1. The molecule has 1 nitrogen and oxygen atoms in total. The summed E-state index contributed by atoms with van der Waals surface area (Å²) in [6.07, 6.45) is 3.33. The monoisotopic (exact) mass is 251 g/mol. The quantitative estimate of drug-likeness (QED) is 0.800. The lowest BCUT2D eigenvalue weighted by Crippen LogP contribution is -2.26. The second-order valence-corrected chi connectivity index (χ2v) is 6.16. The third-order valence-corrected chi connectivity index (χ3v) is 4.62. The van der Waals surface area contributed by atoms with Crippen LogP contribution in [0.15, 0.2) is 24.3 Å². The van der Waals surface area contributed by atoms with Crippen molar-refractivity contribution >= 4 is 11.8 Å². The molecule has 1 aromatic carbocycles. The van der Waals surface area contributed by atoms with Crippen molar-refractivity contribution in [2.24, 2.45) is 5.73 Å². The Labute approximate surface area is 110 Å². The van der Waals surface area contributed by atoms with Gasteiger partial charge in [0.1, 0.15) is 0 Å². The van der Waals surface area contributed by atoms with Crippen LogP contribution in [0.1, 0.15) is 38.3 Å². The molecule has 0 amide bonds. The normalized spacial score (nSPS) is 14.6. The van der Waals surface area contributed by atoms with Crippen molar-refractivity contribution in [2.45, 2.75) is 51.3 Å². The molecule has 2 heteroatoms. The van der Waals surface area contributed by atoms with Crippen molar-refractivity contribution < 1.29 is 0 Å². The van der Waals surface area contributed by atoms with E-state index in [-0.39, 0.29) is 6.04 Å². The molecule has 17 heavy (non-hydrogen) atoms. The first kappa shape index (κ1) is 14.6. The zero-order valence-electron chi connectivity index (χ0n) is 11.3. The number of thioether (sulfide) groups is 1. The highest BCUT2D eigenvalue weighted by Gasteiger charge is 2.07. The fourth-order valence-electron chi connectivity index (χ4n) is 1.68. The molecule has 0 saturated heterocycles. The van der Waals surface area contributed by atoms with Crippen molar-refractivity contribution in [3.05, 3.63) is 35.4 Å². The summed E-state index contributed by atoms with van der Waals surface area (Å²) in [6, 6.07) is 9.13. The van der Waals surface area contributed by atoms with E-state index in [1.165, 1.54) is 17.5 Å². The molecule has 0 saturated carbocycles. The maximum absolute atomic E-state index is 6.16. The second kappa shape index (κ2) is 7.78. The molecule has 0 bridgehead atoms. The van der Waals surface area contributed by atoms with Crippen LogP contribution in [0.25, 0.3) is 0 Å². The first-order valence-corrected chi connectivity index (χ1v) is 7.65. The summed E-state index contributed by atoms with van der Waals surface area (Å²) in [6.45, 7) is 6.68. The van der Waals surface area contributed by atoms with E-state index in [1.807, 2.05) is 11.8 Å². The smallest absolute Gasteiger partial charge is 0.0171 e. The Morgan fingerprint density at radius 3 is 2.24 bits per heavy atom. The van der Waals surface area contributed by atoms with E-state index in [1.54, 1.807) is 0 Å². The van der Waals surface area contributed by atoms with Gasteiger partial charge in [0.05, 0.1) is 0 Å². The van der Waals surface area contributed by atoms with Crippen molar-refractivity contribution in [3.8, 4) is 0 Å². The highest BCUT2D eigenvalue weighted by Crippen LogP contribution is 2.16. The lowest BCUT2D eigenvalue weighted by atomic mass is 10.0. The number of aryl methyl sites for hydroxylation is 1. The highest BCUT2D eigenvalue weighted by atomic mass is 32.2. The molecule has 1 rings (SSSR count). The van der Waals surface area contributed by atoms with Gasteiger partial charge in [-0.2, -0.15) is 11.8 Å². The predicted molar refractivity (Wildman–Crippen MR) is 79.7 cm³/mol. The SMILES string of the molecule is CCc1ccc(CC(N)CSC(C)CC)cc1. The Balaban J connectivity index is 2.36. The Morgan fingerprint density at radius 2 is 1.71 bits per heavy atom. The third kappa shape index (κ3) is 5.60. The van der Waals surface area contributed by atoms with Crippen LogP contribution >= 0.6 is 11.8 Å². The van der Waals surface area contributed by atoms with Gasteiger partial charge in [-0.05, 0) is 30.4 Å². The van der Waals surface area contributed by atoms with Crippen molar-refractivity contribution in [1.82, 2.24) is 0 Å². The third-order valence-electron chi connectivity index (χ3n) is 3.10. The summed E-state index contributed by atoms with van der Waals surface area (Å²) in [5.41, 5.74) is 8.92. The highest BCUT2D eigenvalue weighted by molar-refractivity contribution is 7.99. The van der Waals surface area contributed by atoms with Gasteiger partial charge in [0.25, 0.3) is 0 Å². The van der Waals surface area contributed by atoms with Crippen LogP contribution in [0.4, 0.5) is 0 Å². The molecule has 0 aliphatic carbocycles. The minimum Gasteiger partial charge on any atom is -0.327 e. The fourth-order valence-corrected chi connectivity index (χ4v) is 2.61. The van der Waals surface area contributed by atoms with E-state index in [0.29, 0.717) is 0 Å². The van der Waals surface area contributed by atoms with E-state index in [4.69, 9.17) is 5.73 Å². The van der Waals surface area contributed by atoms with E-state index < -0.39 is 0 Å². The van der Waals surface area contributed by atoms with Gasteiger partial charge >= 0.3 is 0 Å². The van der Waals surface area contributed by atoms with E-state index in [9.17, 15) is 0 Å². The van der Waals surface area contributed by atoms with Gasteiger partial charge in [0.15, 0.2) is 0 Å². The zero-order valence-corrected chi connectivity index (χ0v) is 12.1. The van der Waals surface area contributed by atoms with Crippen LogP contribution in [-0.4, -0.2) is 17.0 Å². The first-order chi connectivity index (χ1) is 8.15. The second-order valence-electron chi connectivity index (χ2n) is 4.69. The Morgan fingerprint density at radius 1 is 1.12 bits per heavy atom. The lowest BCUT2D eigenvalue weighted by Gasteiger charge is -2.14. The summed E-state index contributed by atoms with van der Waals surface area (Å²) in [4.78, 5) is 0. The number of rotatable bonds is 7. The summed E-state index contributed by atoms with van der Waals surface area (Å²) < 4.78 is 0. The standard InChI is InChI=1S/C15H25NS/c1-4-12(3)17-11-15(16)10-14-8-6-13(5-2)7-9-14/h6-9,12,15H,4-5,10-11,16H2,1-3H3. The molecule has 2 atom stereocenters. The van der Waals surface area contributed by atoms with Gasteiger partial charge in [-0.3, -0.25) is 0 Å². The largest absolute Gasteiger partial charge is 0.327 e. The Bertz CT molecular complexity index is 307. The molecular weight excluding hydrogens is 226 g/mol. The molecule has 0 aromatic heterocycles. The average molecular weight is 251 g/mol. The van der Waals surface area contributed by atoms with Crippen LogP contribution in [0.5, 0.6) is 0 Å². The van der Waals surface area contributed by atoms with Gasteiger partial charge in [0.2, 0.25) is 0 Å². The van der Waals surface area contributed by atoms with E-state index in [0.717, 1.165) is 23.8 Å². The van der Waals surface area contributed by atoms with Crippen LogP contribution in [0.3, 0.4) is 0 Å². The average Bonchev–Trinajstić information content (AvgIpc) is 2.36. The lowest BCUT2D eigenvalue weighted by molar-refractivity contribution is 0.744. The maximum Gasteiger partial charge on any atom is 0.0171 e. The molecule has 96 valence electrons. The van der Waals surface area contributed by atoms with Gasteiger partial charge in [-0.1, -0.05) is 45.0 Å². The summed E-state index contributed by atoms with van der Waals surface area (Å²) in [5, 5.41) is 0.725. The number of hydrogen-bond acceptors (Lipinski definition) is 2. The molecule has 0 aliphatic rings. The minimum atomic E-state index is 0.279. The van der Waals surface area contributed by atoms with E-state index in [2.05, 4.69) is 45.0 Å². The number of benzene rings is 1. The summed E-state index contributed by atoms with van der Waals surface area (Å²) in [7, 11) is 0. The molecule has 0 spiro atoms. The van der Waals surface area contributed by atoms with Gasteiger partial charge in [-0.15, -0.1) is 0 Å². The zero-order chi connectivity index (χ0) is 12.7.